The van der Waals surface area contributed by atoms with Crippen molar-refractivity contribution in [3.05, 3.63) is 46.4 Å². The third kappa shape index (κ3) is 4.73. The highest BCUT2D eigenvalue weighted by Gasteiger charge is 2.16. The van der Waals surface area contributed by atoms with E-state index in [1.54, 1.807) is 0 Å². The van der Waals surface area contributed by atoms with Crippen molar-refractivity contribution in [1.29, 1.82) is 0 Å². The molecule has 5 nitrogen and oxygen atoms in total. The lowest BCUT2D eigenvalue weighted by Gasteiger charge is -2.07. The van der Waals surface area contributed by atoms with Crippen LogP contribution in [0.3, 0.4) is 0 Å². The SMILES string of the molecule is CCCNc1ccc(-c2nnc(-c3ccc(NCCC)cc3Cl)o2)c(Cl)c1. The molecule has 0 fully saturated rings. The molecular weight excluding hydrogens is 383 g/mol. The molecule has 0 bridgehead atoms. The Labute approximate surface area is 169 Å². The second kappa shape index (κ2) is 9.11. The van der Waals surface area contributed by atoms with E-state index >= 15 is 0 Å². The zero-order chi connectivity index (χ0) is 19.2. The van der Waals surface area contributed by atoms with Crippen LogP contribution in [-0.4, -0.2) is 23.3 Å². The standard InChI is InChI=1S/C20H22Cl2N4O/c1-3-9-23-13-5-7-15(17(21)11-13)19-25-26-20(27-19)16-8-6-14(12-18(16)22)24-10-4-2/h5-8,11-12,23-24H,3-4,9-10H2,1-2H3. The first kappa shape index (κ1) is 19.5. The van der Waals surface area contributed by atoms with Gasteiger partial charge in [0.2, 0.25) is 11.8 Å². The van der Waals surface area contributed by atoms with Gasteiger partial charge in [0.15, 0.2) is 0 Å². The zero-order valence-electron chi connectivity index (χ0n) is 15.4. The minimum absolute atomic E-state index is 0.362. The molecule has 3 rings (SSSR count). The molecule has 0 aliphatic rings. The number of aromatic nitrogens is 2. The van der Waals surface area contributed by atoms with Gasteiger partial charge >= 0.3 is 0 Å². The Hall–Kier alpha value is -2.24. The predicted molar refractivity (Wildman–Crippen MR) is 113 cm³/mol. The third-order valence-corrected chi connectivity index (χ3v) is 4.61. The van der Waals surface area contributed by atoms with Gasteiger partial charge in [0, 0.05) is 24.5 Å². The van der Waals surface area contributed by atoms with Crippen LogP contribution in [-0.2, 0) is 0 Å². The van der Waals surface area contributed by atoms with Gasteiger partial charge in [-0.1, -0.05) is 37.0 Å². The molecule has 1 heterocycles. The second-order valence-electron chi connectivity index (χ2n) is 6.16. The Morgan fingerprint density at radius 3 is 1.59 bits per heavy atom. The molecule has 0 saturated carbocycles. The normalized spacial score (nSPS) is 10.8. The van der Waals surface area contributed by atoms with Crippen LogP contribution in [0.15, 0.2) is 40.8 Å². The topological polar surface area (TPSA) is 63.0 Å². The van der Waals surface area contributed by atoms with Crippen molar-refractivity contribution < 1.29 is 4.42 Å². The lowest BCUT2D eigenvalue weighted by molar-refractivity contribution is 0.584. The summed E-state index contributed by atoms with van der Waals surface area (Å²) in [6.07, 6.45) is 2.08. The van der Waals surface area contributed by atoms with Gasteiger partial charge < -0.3 is 15.1 Å². The third-order valence-electron chi connectivity index (χ3n) is 3.98. The summed E-state index contributed by atoms with van der Waals surface area (Å²) in [5, 5.41) is 16.0. The van der Waals surface area contributed by atoms with Crippen molar-refractivity contribution in [2.24, 2.45) is 0 Å². The van der Waals surface area contributed by atoms with Gasteiger partial charge in [-0.3, -0.25) is 0 Å². The van der Waals surface area contributed by atoms with Crippen molar-refractivity contribution in [3.8, 4) is 22.9 Å². The van der Waals surface area contributed by atoms with Gasteiger partial charge in [-0.2, -0.15) is 0 Å². The molecule has 0 saturated heterocycles. The summed E-state index contributed by atoms with van der Waals surface area (Å²) in [6, 6.07) is 11.4. The zero-order valence-corrected chi connectivity index (χ0v) is 16.9. The van der Waals surface area contributed by atoms with E-state index in [0.717, 1.165) is 37.3 Å². The summed E-state index contributed by atoms with van der Waals surface area (Å²) in [4.78, 5) is 0. The molecule has 142 valence electrons. The Morgan fingerprint density at radius 2 is 1.22 bits per heavy atom. The van der Waals surface area contributed by atoms with Gasteiger partial charge in [0.1, 0.15) is 0 Å². The smallest absolute Gasteiger partial charge is 0.249 e. The maximum atomic E-state index is 6.40. The van der Waals surface area contributed by atoms with Crippen molar-refractivity contribution >= 4 is 34.6 Å². The van der Waals surface area contributed by atoms with Crippen LogP contribution in [0.4, 0.5) is 11.4 Å². The first-order valence-electron chi connectivity index (χ1n) is 9.03. The molecule has 2 N–H and O–H groups in total. The Kier molecular flexibility index (Phi) is 6.58. The average Bonchev–Trinajstić information content (AvgIpc) is 3.14. The predicted octanol–water partition coefficient (Wildman–Crippen LogP) is 6.35. The molecule has 0 atom stereocenters. The van der Waals surface area contributed by atoms with E-state index in [4.69, 9.17) is 27.6 Å². The van der Waals surface area contributed by atoms with Crippen LogP contribution in [0, 0.1) is 0 Å². The molecule has 7 heteroatoms. The minimum Gasteiger partial charge on any atom is -0.416 e. The maximum absolute atomic E-state index is 6.40. The van der Waals surface area contributed by atoms with Gasteiger partial charge in [0.25, 0.3) is 0 Å². The van der Waals surface area contributed by atoms with Gasteiger partial charge in [0.05, 0.1) is 21.2 Å². The highest BCUT2D eigenvalue weighted by Crippen LogP contribution is 2.34. The van der Waals surface area contributed by atoms with Gasteiger partial charge in [-0.15, -0.1) is 10.2 Å². The lowest BCUT2D eigenvalue weighted by atomic mass is 10.2. The maximum Gasteiger partial charge on any atom is 0.249 e. The molecule has 1 aromatic heterocycles. The first-order chi connectivity index (χ1) is 13.1. The van der Waals surface area contributed by atoms with E-state index < -0.39 is 0 Å². The number of benzene rings is 2. The molecule has 27 heavy (non-hydrogen) atoms. The molecular formula is C20H22Cl2N4O. The molecule has 0 radical (unpaired) electrons. The molecule has 0 amide bonds. The highest BCUT2D eigenvalue weighted by molar-refractivity contribution is 6.34. The van der Waals surface area contributed by atoms with Crippen LogP contribution in [0.2, 0.25) is 10.0 Å². The van der Waals surface area contributed by atoms with E-state index in [-0.39, 0.29) is 0 Å². The van der Waals surface area contributed by atoms with Crippen molar-refractivity contribution in [1.82, 2.24) is 10.2 Å². The number of anilines is 2. The Morgan fingerprint density at radius 1 is 0.778 bits per heavy atom. The summed E-state index contributed by atoms with van der Waals surface area (Å²) < 4.78 is 5.83. The van der Waals surface area contributed by atoms with Crippen LogP contribution < -0.4 is 10.6 Å². The largest absolute Gasteiger partial charge is 0.416 e. The van der Waals surface area contributed by atoms with E-state index in [1.165, 1.54) is 0 Å². The van der Waals surface area contributed by atoms with Gasteiger partial charge in [-0.25, -0.2) is 0 Å². The van der Waals surface area contributed by atoms with Crippen LogP contribution in [0.1, 0.15) is 26.7 Å². The first-order valence-corrected chi connectivity index (χ1v) is 9.79. The Bertz CT molecular complexity index is 839. The molecule has 0 aliphatic heterocycles. The quantitative estimate of drug-likeness (QED) is 0.457. The number of halogens is 2. The molecule has 0 spiro atoms. The number of hydrogen-bond donors (Lipinski definition) is 2. The summed E-state index contributed by atoms with van der Waals surface area (Å²) in [7, 11) is 0. The van der Waals surface area contributed by atoms with Crippen molar-refractivity contribution in [2.75, 3.05) is 23.7 Å². The number of rotatable bonds is 8. The van der Waals surface area contributed by atoms with E-state index in [9.17, 15) is 0 Å². The van der Waals surface area contributed by atoms with Crippen LogP contribution in [0.5, 0.6) is 0 Å². The fourth-order valence-electron chi connectivity index (χ4n) is 2.58. The summed E-state index contributed by atoms with van der Waals surface area (Å²) in [6.45, 7) is 6.00. The number of hydrogen-bond acceptors (Lipinski definition) is 5. The summed E-state index contributed by atoms with van der Waals surface area (Å²) in [5.41, 5.74) is 3.30. The minimum atomic E-state index is 0.362. The van der Waals surface area contributed by atoms with Crippen LogP contribution >= 0.6 is 23.2 Å². The van der Waals surface area contributed by atoms with Crippen molar-refractivity contribution in [3.63, 3.8) is 0 Å². The molecule has 3 aromatic rings. The van der Waals surface area contributed by atoms with E-state index in [0.29, 0.717) is 33.0 Å². The van der Waals surface area contributed by atoms with Crippen molar-refractivity contribution in [2.45, 2.75) is 26.7 Å². The van der Waals surface area contributed by atoms with E-state index in [1.807, 2.05) is 36.4 Å². The number of nitrogens with zero attached hydrogens (tertiary/aromatic N) is 2. The fraction of sp³-hybridized carbons (Fsp3) is 0.300. The molecule has 0 unspecified atom stereocenters. The van der Waals surface area contributed by atoms with Gasteiger partial charge in [-0.05, 0) is 49.2 Å². The summed E-state index contributed by atoms with van der Waals surface area (Å²) in [5.74, 6) is 0.725. The fourth-order valence-corrected chi connectivity index (χ4v) is 3.10. The highest BCUT2D eigenvalue weighted by atomic mass is 35.5. The molecule has 0 aliphatic carbocycles. The monoisotopic (exact) mass is 404 g/mol. The van der Waals surface area contributed by atoms with Crippen LogP contribution in [0.25, 0.3) is 22.9 Å². The second-order valence-corrected chi connectivity index (χ2v) is 6.97. The average molecular weight is 405 g/mol. The summed E-state index contributed by atoms with van der Waals surface area (Å²) >= 11 is 12.8. The van der Waals surface area contributed by atoms with E-state index in [2.05, 4.69) is 34.7 Å². The number of nitrogens with one attached hydrogen (secondary N) is 2. The lowest BCUT2D eigenvalue weighted by Crippen LogP contribution is -1.99. The Balaban J connectivity index is 1.82. The molecule has 2 aromatic carbocycles.